The van der Waals surface area contributed by atoms with Crippen LogP contribution in [0.15, 0.2) is 119 Å². The second kappa shape index (κ2) is 28.8. The van der Waals surface area contributed by atoms with E-state index in [-0.39, 0.29) is 65.4 Å². The number of hydrogen-bond donors (Lipinski definition) is 3. The molecule has 10 heterocycles. The molecule has 0 spiro atoms. The number of amides is 3. The van der Waals surface area contributed by atoms with Crippen LogP contribution in [0.2, 0.25) is 5.02 Å². The van der Waals surface area contributed by atoms with E-state index >= 15 is 0 Å². The van der Waals surface area contributed by atoms with Crippen molar-refractivity contribution in [3.05, 3.63) is 176 Å². The summed E-state index contributed by atoms with van der Waals surface area (Å²) < 4.78 is 30.0. The van der Waals surface area contributed by atoms with Gasteiger partial charge < -0.3 is 48.1 Å². The predicted octanol–water partition coefficient (Wildman–Crippen LogP) is -1.86. The fourth-order valence-corrected chi connectivity index (χ4v) is 12.0. The van der Waals surface area contributed by atoms with Gasteiger partial charge in [0.25, 0.3) is 34.4 Å². The Balaban J connectivity index is 0.000000154. The van der Waals surface area contributed by atoms with E-state index in [1.807, 2.05) is 4.90 Å². The number of fused-ring (bicyclic) bond motifs is 3. The molecule has 3 fully saturated rings. The predicted molar refractivity (Wildman–Crippen MR) is 342 cm³/mol. The first-order valence-electron chi connectivity index (χ1n) is 30.3. The molecule has 0 saturated carbocycles. The minimum absolute atomic E-state index is 0.0341. The quantitative estimate of drug-likeness (QED) is 0.101. The third-order valence-electron chi connectivity index (χ3n) is 17.2. The Kier molecular flexibility index (Phi) is 20.7. The number of benzene rings is 2. The van der Waals surface area contributed by atoms with Crippen LogP contribution in [0.3, 0.4) is 0 Å². The van der Waals surface area contributed by atoms with Gasteiger partial charge in [-0.05, 0) is 60.7 Å². The normalized spacial score (nSPS) is 16.1. The molecule has 500 valence electrons. The molecule has 33 heteroatoms. The second-order valence-corrected chi connectivity index (χ2v) is 24.0. The molecular formula is C61H74ClFN18O13. The van der Waals surface area contributed by atoms with Gasteiger partial charge in [0.1, 0.15) is 5.82 Å². The van der Waals surface area contributed by atoms with Gasteiger partial charge in [0.05, 0.1) is 63.2 Å². The van der Waals surface area contributed by atoms with Crippen molar-refractivity contribution in [3.63, 3.8) is 0 Å². The summed E-state index contributed by atoms with van der Waals surface area (Å²) in [7, 11) is 8.91. The number of imidazole rings is 3. The lowest BCUT2D eigenvalue weighted by molar-refractivity contribution is 0.0475. The highest BCUT2D eigenvalue weighted by Gasteiger charge is 2.29. The monoisotopic (exact) mass is 1320 g/mol. The molecule has 3 atom stereocenters. The van der Waals surface area contributed by atoms with E-state index in [0.29, 0.717) is 131 Å². The van der Waals surface area contributed by atoms with Gasteiger partial charge in [-0.3, -0.25) is 70.9 Å². The molecule has 0 aliphatic carbocycles. The average Bonchev–Trinajstić information content (AvgIpc) is 1.56. The van der Waals surface area contributed by atoms with Crippen LogP contribution in [-0.4, -0.2) is 235 Å². The number of aliphatic hydroxyl groups is 3. The summed E-state index contributed by atoms with van der Waals surface area (Å²) in [5, 5.41) is 32.4. The lowest BCUT2D eigenvalue weighted by Gasteiger charge is -2.35. The third kappa shape index (κ3) is 14.5. The van der Waals surface area contributed by atoms with Gasteiger partial charge in [0.15, 0.2) is 39.3 Å². The van der Waals surface area contributed by atoms with Crippen molar-refractivity contribution >= 4 is 62.8 Å². The van der Waals surface area contributed by atoms with Gasteiger partial charge >= 0.3 is 17.1 Å². The summed E-state index contributed by atoms with van der Waals surface area (Å²) in [4.78, 5) is 135. The van der Waals surface area contributed by atoms with E-state index in [1.54, 1.807) is 85.9 Å². The molecule has 2 aromatic carbocycles. The number of aromatic nitrogens is 12. The van der Waals surface area contributed by atoms with Crippen LogP contribution in [0.4, 0.5) is 4.39 Å². The molecule has 3 saturated heterocycles. The number of carbonyl (C=O) groups is 3. The summed E-state index contributed by atoms with van der Waals surface area (Å²) in [5.41, 5.74) is 0.0569. The van der Waals surface area contributed by atoms with Crippen LogP contribution in [0.1, 0.15) is 31.3 Å². The number of aliphatic hydroxyl groups excluding tert-OH is 3. The summed E-state index contributed by atoms with van der Waals surface area (Å²) in [6.07, 6.45) is 3.61. The largest absolute Gasteiger partial charge is 0.459 e. The zero-order valence-electron chi connectivity index (χ0n) is 52.8. The number of aryl methyl sites for hydroxylation is 3. The fourth-order valence-electron chi connectivity index (χ4n) is 11.9. The van der Waals surface area contributed by atoms with Crippen molar-refractivity contribution in [2.24, 2.45) is 42.3 Å². The zero-order chi connectivity index (χ0) is 67.4. The number of hydrogen-bond acceptors (Lipinski definition) is 19. The van der Waals surface area contributed by atoms with Crippen molar-refractivity contribution in [1.82, 2.24) is 85.5 Å². The van der Waals surface area contributed by atoms with E-state index in [1.165, 1.54) is 84.4 Å². The fraction of sp³-hybridized carbons (Fsp3) is 0.443. The minimum Gasteiger partial charge on any atom is -0.459 e. The maximum absolute atomic E-state index is 13.1. The smallest absolute Gasteiger partial charge is 0.332 e. The standard InChI is InChI=1S/C21H25ClN6O4.C21H25FN6O4.C19H24N6O5/c2*1-24-18-17(20(31)25(2)21(24)32)28(13-23-18)12-16(29)11-26-7-9-27(10-8-26)19(30)14-3-5-15(22)6-4-14;1-21-16-15(18(28)22(2)19(21)29)25(12-20-16)11-13(26)10-23-5-7-24(8-6-23)17(27)14-4-3-9-30-14/h2*3-6,13,16,29H,7-12H2,1-2H3;3-4,9,12-13,26H,5-8,10-11H2,1-2H3. The number of halogens is 2. The molecule has 3 unspecified atom stereocenters. The molecule has 94 heavy (non-hydrogen) atoms. The first kappa shape index (κ1) is 67.4. The van der Waals surface area contributed by atoms with Crippen molar-refractivity contribution in [3.8, 4) is 0 Å². The van der Waals surface area contributed by atoms with Crippen LogP contribution in [0.25, 0.3) is 33.5 Å². The Labute approximate surface area is 539 Å². The van der Waals surface area contributed by atoms with Crippen LogP contribution in [-0.2, 0) is 61.9 Å². The number of β-amino-alcohol motifs (C(OH)–C–C–N with tert-alkyl or cyclic N) is 3. The van der Waals surface area contributed by atoms with Crippen LogP contribution < -0.4 is 33.7 Å². The second-order valence-electron chi connectivity index (χ2n) is 23.6. The van der Waals surface area contributed by atoms with Gasteiger partial charge in [-0.1, -0.05) is 11.6 Å². The molecule has 9 aromatic rings. The van der Waals surface area contributed by atoms with Gasteiger partial charge in [0.2, 0.25) is 0 Å². The summed E-state index contributed by atoms with van der Waals surface area (Å²) >= 11 is 5.89. The van der Waals surface area contributed by atoms with Crippen LogP contribution >= 0.6 is 11.6 Å². The van der Waals surface area contributed by atoms with Crippen molar-refractivity contribution in [2.45, 2.75) is 37.9 Å². The summed E-state index contributed by atoms with van der Waals surface area (Å²) in [6.45, 7) is 8.58. The van der Waals surface area contributed by atoms with E-state index in [4.69, 9.17) is 16.0 Å². The number of carbonyl (C=O) groups excluding carboxylic acids is 3. The molecule has 3 N–H and O–H groups in total. The number of nitrogens with zero attached hydrogens (tertiary/aromatic N) is 18. The topological polar surface area (TPSA) is 330 Å². The number of rotatable bonds is 15. The highest BCUT2D eigenvalue weighted by atomic mass is 35.5. The summed E-state index contributed by atoms with van der Waals surface area (Å²) in [5.74, 6) is -0.367. The Morgan fingerprint density at radius 3 is 1.06 bits per heavy atom. The van der Waals surface area contributed by atoms with E-state index in [9.17, 15) is 62.9 Å². The van der Waals surface area contributed by atoms with E-state index in [2.05, 4.69) is 24.8 Å². The van der Waals surface area contributed by atoms with Crippen molar-refractivity contribution in [1.29, 1.82) is 0 Å². The Bertz CT molecular complexity index is 4400. The Hall–Kier alpha value is -9.44. The molecular weight excluding hydrogens is 1250 g/mol. The van der Waals surface area contributed by atoms with Crippen molar-refractivity contribution in [2.75, 3.05) is 98.2 Å². The Morgan fingerprint density at radius 1 is 0.447 bits per heavy atom. The molecule has 3 aliphatic rings. The maximum atomic E-state index is 13.1. The van der Waals surface area contributed by atoms with E-state index in [0.717, 1.165) is 13.7 Å². The molecule has 3 amide bonds. The molecule has 7 aromatic heterocycles. The maximum Gasteiger partial charge on any atom is 0.332 e. The lowest BCUT2D eigenvalue weighted by atomic mass is 10.1. The van der Waals surface area contributed by atoms with Gasteiger partial charge in [0, 0.05) is 157 Å². The molecule has 12 rings (SSSR count). The number of furan rings is 1. The molecule has 31 nitrogen and oxygen atoms in total. The van der Waals surface area contributed by atoms with Gasteiger partial charge in [-0.25, -0.2) is 33.7 Å². The highest BCUT2D eigenvalue weighted by Crippen LogP contribution is 2.17. The molecule has 0 bridgehead atoms. The number of piperazine rings is 3. The minimum atomic E-state index is -0.770. The van der Waals surface area contributed by atoms with E-state index < -0.39 is 52.1 Å². The van der Waals surface area contributed by atoms with Crippen LogP contribution in [0, 0.1) is 5.82 Å². The van der Waals surface area contributed by atoms with Gasteiger partial charge in [-0.15, -0.1) is 0 Å². The molecule has 0 radical (unpaired) electrons. The first-order chi connectivity index (χ1) is 44.9. The van der Waals surface area contributed by atoms with Crippen molar-refractivity contribution < 1.29 is 38.5 Å². The SMILES string of the molecule is Cn1c(=O)c2c(ncn2CC(O)CN2CCN(C(=O)c3ccc(Cl)cc3)CC2)n(C)c1=O.Cn1c(=O)c2c(ncn2CC(O)CN2CCN(C(=O)c3ccc(F)cc3)CC2)n(C)c1=O.Cn1c(=O)c2c(ncn2CC(O)CN2CCN(C(=O)c3ccco3)CC2)n(C)c1=O. The van der Waals surface area contributed by atoms with Gasteiger partial charge in [-0.2, -0.15) is 0 Å². The zero-order valence-corrected chi connectivity index (χ0v) is 53.5. The summed E-state index contributed by atoms with van der Waals surface area (Å²) in [6, 6.07) is 15.7. The highest BCUT2D eigenvalue weighted by molar-refractivity contribution is 6.30. The molecule has 3 aliphatic heterocycles. The lowest BCUT2D eigenvalue weighted by Crippen LogP contribution is -2.50. The Morgan fingerprint density at radius 2 is 0.755 bits per heavy atom. The third-order valence-corrected chi connectivity index (χ3v) is 17.4. The first-order valence-corrected chi connectivity index (χ1v) is 30.7. The van der Waals surface area contributed by atoms with Crippen LogP contribution in [0.5, 0.6) is 0 Å². The average molecular weight is 1320 g/mol.